The Morgan fingerprint density at radius 2 is 1.27 bits per heavy atom. The second kappa shape index (κ2) is 11.2. The van der Waals surface area contributed by atoms with Crippen LogP contribution in [0.25, 0.3) is 21.5 Å². The zero-order chi connectivity index (χ0) is 30.3. The standard InChI is InChI=1S/C40H36O3Si/c1-40(2,3)44(31-15-9-5-10-16-31,32-17-11-6-12-18-32)43-38-26-25-36-35-21-19-29-27-30(42-39(41)28-13-7-4-8-14-28)20-22-33(29)34(35)23-24-37(36)38/h4-24,27,38H,25-26H2,1-3H3. The lowest BCUT2D eigenvalue weighted by Crippen LogP contribution is -2.66. The predicted molar refractivity (Wildman–Crippen MR) is 183 cm³/mol. The van der Waals surface area contributed by atoms with Gasteiger partial charge in [0.05, 0.1) is 11.7 Å². The summed E-state index contributed by atoms with van der Waals surface area (Å²) in [6, 6.07) is 45.7. The third-order valence-corrected chi connectivity index (χ3v) is 14.1. The van der Waals surface area contributed by atoms with Crippen LogP contribution in [0.1, 0.15) is 54.8 Å². The highest BCUT2D eigenvalue weighted by Gasteiger charge is 2.52. The molecule has 1 aliphatic rings. The lowest BCUT2D eigenvalue weighted by molar-refractivity contribution is 0.0735. The van der Waals surface area contributed by atoms with Gasteiger partial charge in [-0.1, -0.05) is 130 Å². The van der Waals surface area contributed by atoms with Crippen molar-refractivity contribution in [3.05, 3.63) is 150 Å². The fourth-order valence-electron chi connectivity index (χ4n) is 7.05. The first kappa shape index (κ1) is 28.3. The van der Waals surface area contributed by atoms with E-state index in [-0.39, 0.29) is 17.1 Å². The molecule has 0 heterocycles. The van der Waals surface area contributed by atoms with E-state index in [9.17, 15) is 4.79 Å². The molecular formula is C40H36O3Si. The van der Waals surface area contributed by atoms with E-state index >= 15 is 0 Å². The van der Waals surface area contributed by atoms with Gasteiger partial charge in [-0.2, -0.15) is 0 Å². The second-order valence-electron chi connectivity index (χ2n) is 12.7. The Labute approximate surface area is 260 Å². The topological polar surface area (TPSA) is 35.5 Å². The van der Waals surface area contributed by atoms with Gasteiger partial charge in [0.15, 0.2) is 0 Å². The van der Waals surface area contributed by atoms with Gasteiger partial charge in [0.2, 0.25) is 0 Å². The zero-order valence-corrected chi connectivity index (χ0v) is 26.4. The Morgan fingerprint density at radius 1 is 0.682 bits per heavy atom. The summed E-state index contributed by atoms with van der Waals surface area (Å²) >= 11 is 0. The van der Waals surface area contributed by atoms with Crippen molar-refractivity contribution in [2.45, 2.75) is 44.8 Å². The van der Waals surface area contributed by atoms with E-state index in [0.717, 1.165) is 23.6 Å². The highest BCUT2D eigenvalue weighted by Crippen LogP contribution is 2.46. The summed E-state index contributed by atoms with van der Waals surface area (Å²) in [5, 5.41) is 7.24. The average molecular weight is 593 g/mol. The van der Waals surface area contributed by atoms with E-state index in [1.54, 1.807) is 12.1 Å². The predicted octanol–water partition coefficient (Wildman–Crippen LogP) is 8.78. The minimum absolute atomic E-state index is 0.0242. The molecule has 218 valence electrons. The third kappa shape index (κ3) is 4.85. The van der Waals surface area contributed by atoms with Gasteiger partial charge in [0, 0.05) is 0 Å². The fourth-order valence-corrected chi connectivity index (χ4v) is 11.7. The monoisotopic (exact) mass is 592 g/mol. The number of ether oxygens (including phenoxy) is 1. The molecular weight excluding hydrogens is 557 g/mol. The normalized spacial score (nSPS) is 14.9. The quantitative estimate of drug-likeness (QED) is 0.0839. The maximum Gasteiger partial charge on any atom is 0.343 e. The van der Waals surface area contributed by atoms with Crippen LogP contribution in [0.2, 0.25) is 5.04 Å². The lowest BCUT2D eigenvalue weighted by Gasteiger charge is -2.44. The molecule has 44 heavy (non-hydrogen) atoms. The summed E-state index contributed by atoms with van der Waals surface area (Å²) in [5.41, 5.74) is 3.22. The van der Waals surface area contributed by atoms with E-state index in [1.165, 1.54) is 32.3 Å². The smallest absolute Gasteiger partial charge is 0.343 e. The maximum atomic E-state index is 12.6. The third-order valence-electron chi connectivity index (χ3n) is 9.10. The van der Waals surface area contributed by atoms with Crippen LogP contribution in [0.5, 0.6) is 5.75 Å². The minimum atomic E-state index is -2.68. The summed E-state index contributed by atoms with van der Waals surface area (Å²) in [7, 11) is -2.68. The van der Waals surface area contributed by atoms with Gasteiger partial charge >= 0.3 is 5.97 Å². The highest BCUT2D eigenvalue weighted by molar-refractivity contribution is 6.99. The van der Waals surface area contributed by atoms with Gasteiger partial charge in [0.25, 0.3) is 8.32 Å². The molecule has 3 nitrogen and oxygen atoms in total. The summed E-state index contributed by atoms with van der Waals surface area (Å²) in [4.78, 5) is 12.6. The maximum absolute atomic E-state index is 12.6. The number of hydrogen-bond donors (Lipinski definition) is 0. The van der Waals surface area contributed by atoms with E-state index in [0.29, 0.717) is 11.3 Å². The van der Waals surface area contributed by atoms with Crippen LogP contribution in [-0.4, -0.2) is 14.3 Å². The summed E-state index contributed by atoms with van der Waals surface area (Å²) in [6.07, 6.45) is 1.97. The van der Waals surface area contributed by atoms with Crippen LogP contribution in [0.3, 0.4) is 0 Å². The van der Waals surface area contributed by atoms with Gasteiger partial charge in [-0.3, -0.25) is 0 Å². The largest absolute Gasteiger partial charge is 0.423 e. The van der Waals surface area contributed by atoms with Gasteiger partial charge < -0.3 is 9.16 Å². The summed E-state index contributed by atoms with van der Waals surface area (Å²) in [5.74, 6) is 0.195. The van der Waals surface area contributed by atoms with Gasteiger partial charge in [-0.25, -0.2) is 4.79 Å². The van der Waals surface area contributed by atoms with Crippen molar-refractivity contribution in [3.63, 3.8) is 0 Å². The number of esters is 1. The van der Waals surface area contributed by atoms with Gasteiger partial charge in [-0.05, 0) is 85.2 Å². The van der Waals surface area contributed by atoms with Crippen molar-refractivity contribution in [1.29, 1.82) is 0 Å². The molecule has 6 aromatic rings. The van der Waals surface area contributed by atoms with Crippen molar-refractivity contribution < 1.29 is 14.0 Å². The molecule has 0 saturated heterocycles. The molecule has 0 saturated carbocycles. The van der Waals surface area contributed by atoms with E-state index in [2.05, 4.69) is 112 Å². The number of carbonyl (C=O) groups excluding carboxylic acids is 1. The number of hydrogen-bond acceptors (Lipinski definition) is 3. The summed E-state index contributed by atoms with van der Waals surface area (Å²) in [6.45, 7) is 7.02. The van der Waals surface area contributed by atoms with Crippen molar-refractivity contribution in [2.24, 2.45) is 0 Å². The van der Waals surface area contributed by atoms with Crippen molar-refractivity contribution in [3.8, 4) is 5.75 Å². The molecule has 6 aromatic carbocycles. The molecule has 7 rings (SSSR count). The molecule has 1 aliphatic carbocycles. The Morgan fingerprint density at radius 3 is 1.91 bits per heavy atom. The van der Waals surface area contributed by atoms with E-state index in [1.807, 2.05) is 30.3 Å². The van der Waals surface area contributed by atoms with Crippen LogP contribution < -0.4 is 15.1 Å². The average Bonchev–Trinajstić information content (AvgIpc) is 3.47. The molecule has 0 bridgehead atoms. The SMILES string of the molecule is CC(C)(C)[Si](OC1CCc2c1ccc1c2ccc2cc(OC(=O)c3ccccc3)ccc21)(c1ccccc1)c1ccccc1. The fraction of sp³-hybridized carbons (Fsp3) is 0.175. The Kier molecular flexibility index (Phi) is 7.20. The number of aryl methyl sites for hydroxylation is 1. The van der Waals surface area contributed by atoms with Crippen LogP contribution in [0.15, 0.2) is 133 Å². The first-order valence-corrected chi connectivity index (χ1v) is 17.3. The van der Waals surface area contributed by atoms with Gasteiger partial charge in [0.1, 0.15) is 5.75 Å². The van der Waals surface area contributed by atoms with E-state index < -0.39 is 8.32 Å². The molecule has 0 aromatic heterocycles. The Balaban J connectivity index is 1.26. The lowest BCUT2D eigenvalue weighted by atomic mass is 9.96. The minimum Gasteiger partial charge on any atom is -0.423 e. The summed E-state index contributed by atoms with van der Waals surface area (Å²) < 4.78 is 13.3. The van der Waals surface area contributed by atoms with Crippen molar-refractivity contribution in [2.75, 3.05) is 0 Å². The molecule has 4 heteroatoms. The molecule has 0 aliphatic heterocycles. The molecule has 0 fully saturated rings. The van der Waals surface area contributed by atoms with Gasteiger partial charge in [-0.15, -0.1) is 0 Å². The van der Waals surface area contributed by atoms with Crippen molar-refractivity contribution in [1.82, 2.24) is 0 Å². The number of benzene rings is 6. The highest BCUT2D eigenvalue weighted by atomic mass is 28.4. The zero-order valence-electron chi connectivity index (χ0n) is 25.4. The number of fused-ring (bicyclic) bond motifs is 5. The van der Waals surface area contributed by atoms with Crippen LogP contribution in [0.4, 0.5) is 0 Å². The number of carbonyl (C=O) groups is 1. The molecule has 0 radical (unpaired) electrons. The molecule has 1 atom stereocenters. The molecule has 0 N–H and O–H groups in total. The van der Waals surface area contributed by atoms with Crippen molar-refractivity contribution >= 4 is 46.2 Å². The Hall–Kier alpha value is -4.51. The van der Waals surface area contributed by atoms with Crippen LogP contribution in [-0.2, 0) is 10.8 Å². The molecule has 0 amide bonds. The first-order chi connectivity index (χ1) is 21.3. The number of rotatable bonds is 6. The molecule has 1 unspecified atom stereocenters. The van der Waals surface area contributed by atoms with E-state index in [4.69, 9.17) is 9.16 Å². The molecule has 0 spiro atoms. The Bertz CT molecular complexity index is 1920. The van der Waals surface area contributed by atoms with Crippen LogP contribution >= 0.6 is 0 Å². The first-order valence-electron chi connectivity index (χ1n) is 15.4. The second-order valence-corrected chi connectivity index (χ2v) is 17.0. The van der Waals surface area contributed by atoms with Crippen LogP contribution in [0, 0.1) is 0 Å².